The van der Waals surface area contributed by atoms with E-state index >= 15 is 0 Å². The molecule has 0 amide bonds. The first kappa shape index (κ1) is 10.7. The summed E-state index contributed by atoms with van der Waals surface area (Å²) in [6, 6.07) is 0.687. The van der Waals surface area contributed by atoms with Crippen LogP contribution in [0.2, 0.25) is 0 Å². The van der Waals surface area contributed by atoms with Gasteiger partial charge in [0.25, 0.3) is 0 Å². The first-order valence-electron chi connectivity index (χ1n) is 5.36. The highest BCUT2D eigenvalue weighted by atomic mass is 32.2. The lowest BCUT2D eigenvalue weighted by atomic mass is 10.1. The Morgan fingerprint density at radius 2 is 2.36 bits per heavy atom. The number of ether oxygens (including phenoxy) is 2. The normalized spacial score (nSPS) is 38.8. The van der Waals surface area contributed by atoms with E-state index in [1.165, 1.54) is 11.5 Å². The van der Waals surface area contributed by atoms with Gasteiger partial charge in [0.1, 0.15) is 6.79 Å². The van der Waals surface area contributed by atoms with Crippen molar-refractivity contribution in [1.82, 2.24) is 5.32 Å². The monoisotopic (exact) mass is 217 g/mol. The molecule has 0 spiro atoms. The number of hydrogen-bond donors (Lipinski definition) is 1. The molecule has 14 heavy (non-hydrogen) atoms. The van der Waals surface area contributed by atoms with Crippen molar-refractivity contribution in [3.8, 4) is 0 Å². The molecule has 2 rings (SSSR count). The van der Waals surface area contributed by atoms with Crippen LogP contribution in [-0.4, -0.2) is 43.6 Å². The van der Waals surface area contributed by atoms with Gasteiger partial charge in [0.15, 0.2) is 0 Å². The van der Waals surface area contributed by atoms with Gasteiger partial charge in [0.05, 0.1) is 12.7 Å². The highest BCUT2D eigenvalue weighted by Crippen LogP contribution is 2.23. The second-order valence-electron chi connectivity index (χ2n) is 4.13. The molecule has 4 heteroatoms. The van der Waals surface area contributed by atoms with E-state index in [-0.39, 0.29) is 0 Å². The molecular weight excluding hydrogens is 198 g/mol. The van der Waals surface area contributed by atoms with Crippen LogP contribution in [0.15, 0.2) is 0 Å². The minimum absolute atomic E-state index is 0.363. The minimum Gasteiger partial charge on any atom is -0.355 e. The van der Waals surface area contributed by atoms with Gasteiger partial charge in [-0.1, -0.05) is 6.92 Å². The van der Waals surface area contributed by atoms with Crippen molar-refractivity contribution >= 4 is 11.8 Å². The summed E-state index contributed by atoms with van der Waals surface area (Å²) in [7, 11) is 0. The first-order valence-corrected chi connectivity index (χ1v) is 6.52. The highest BCUT2D eigenvalue weighted by molar-refractivity contribution is 7.99. The average Bonchev–Trinajstić information content (AvgIpc) is 2.63. The van der Waals surface area contributed by atoms with E-state index in [1.807, 2.05) is 11.8 Å². The van der Waals surface area contributed by atoms with Crippen LogP contribution >= 0.6 is 11.8 Å². The Morgan fingerprint density at radius 1 is 1.43 bits per heavy atom. The summed E-state index contributed by atoms with van der Waals surface area (Å²) in [6.07, 6.45) is 1.39. The molecule has 3 unspecified atom stereocenters. The maximum Gasteiger partial charge on any atom is 0.147 e. The number of hydrogen-bond acceptors (Lipinski definition) is 4. The van der Waals surface area contributed by atoms with Crippen molar-refractivity contribution in [1.29, 1.82) is 0 Å². The van der Waals surface area contributed by atoms with Gasteiger partial charge in [-0.2, -0.15) is 11.8 Å². The van der Waals surface area contributed by atoms with E-state index in [2.05, 4.69) is 12.2 Å². The van der Waals surface area contributed by atoms with Gasteiger partial charge in [-0.3, -0.25) is 0 Å². The van der Waals surface area contributed by atoms with Crippen molar-refractivity contribution in [2.75, 3.05) is 31.5 Å². The van der Waals surface area contributed by atoms with Crippen LogP contribution in [0, 0.1) is 5.92 Å². The molecule has 2 fully saturated rings. The van der Waals surface area contributed by atoms with E-state index in [9.17, 15) is 0 Å². The summed E-state index contributed by atoms with van der Waals surface area (Å²) in [4.78, 5) is 0. The predicted octanol–water partition coefficient (Wildman–Crippen LogP) is 1.09. The van der Waals surface area contributed by atoms with Crippen molar-refractivity contribution < 1.29 is 9.47 Å². The summed E-state index contributed by atoms with van der Waals surface area (Å²) < 4.78 is 10.6. The third kappa shape index (κ3) is 2.86. The molecule has 2 aliphatic rings. The molecule has 2 aliphatic heterocycles. The summed E-state index contributed by atoms with van der Waals surface area (Å²) in [6.45, 7) is 4.63. The molecule has 82 valence electrons. The zero-order chi connectivity index (χ0) is 9.80. The molecule has 3 nitrogen and oxygen atoms in total. The molecule has 1 N–H and O–H groups in total. The topological polar surface area (TPSA) is 30.5 Å². The summed E-state index contributed by atoms with van der Waals surface area (Å²) in [5.74, 6) is 3.36. The van der Waals surface area contributed by atoms with Crippen LogP contribution < -0.4 is 5.32 Å². The Kier molecular flexibility index (Phi) is 4.10. The van der Waals surface area contributed by atoms with Gasteiger partial charge >= 0.3 is 0 Å². The third-order valence-corrected chi connectivity index (χ3v) is 4.30. The Balaban J connectivity index is 1.65. The van der Waals surface area contributed by atoms with E-state index in [4.69, 9.17) is 9.47 Å². The molecule has 2 heterocycles. The summed E-state index contributed by atoms with van der Waals surface area (Å²) in [5, 5.41) is 3.60. The zero-order valence-corrected chi connectivity index (χ0v) is 9.52. The fourth-order valence-electron chi connectivity index (χ4n) is 1.87. The Morgan fingerprint density at radius 3 is 3.00 bits per heavy atom. The molecule has 0 aliphatic carbocycles. The lowest BCUT2D eigenvalue weighted by molar-refractivity contribution is -0.137. The summed E-state index contributed by atoms with van der Waals surface area (Å²) in [5.41, 5.74) is 0. The fraction of sp³-hybridized carbons (Fsp3) is 1.00. The van der Waals surface area contributed by atoms with Crippen LogP contribution in [0.4, 0.5) is 0 Å². The molecule has 2 saturated heterocycles. The molecular formula is C10H19NO2S. The van der Waals surface area contributed by atoms with Gasteiger partial charge in [-0.05, 0) is 18.1 Å². The van der Waals surface area contributed by atoms with E-state index in [1.54, 1.807) is 0 Å². The lowest BCUT2D eigenvalue weighted by Crippen LogP contribution is -2.41. The minimum atomic E-state index is 0.363. The third-order valence-electron chi connectivity index (χ3n) is 2.94. The fourth-order valence-corrected chi connectivity index (χ4v) is 3.31. The molecule has 0 aromatic carbocycles. The van der Waals surface area contributed by atoms with Crippen LogP contribution in [0.5, 0.6) is 0 Å². The zero-order valence-electron chi connectivity index (χ0n) is 8.70. The molecule has 0 aromatic heterocycles. The van der Waals surface area contributed by atoms with E-state index in [0.717, 1.165) is 25.5 Å². The van der Waals surface area contributed by atoms with Crippen LogP contribution in [0.3, 0.4) is 0 Å². The van der Waals surface area contributed by atoms with Gasteiger partial charge in [-0.15, -0.1) is 0 Å². The predicted molar refractivity (Wildman–Crippen MR) is 58.6 cm³/mol. The summed E-state index contributed by atoms with van der Waals surface area (Å²) >= 11 is 2.05. The van der Waals surface area contributed by atoms with Gasteiger partial charge < -0.3 is 14.8 Å². The highest BCUT2D eigenvalue weighted by Gasteiger charge is 2.24. The number of thioether (sulfide) groups is 1. The standard InChI is InChI=1S/C10H19NO2S/c1-8-5-14-6-10(8)11-4-9-2-3-12-7-13-9/h8-11H,2-7H2,1H3. The Labute approximate surface area is 89.9 Å². The second kappa shape index (κ2) is 5.35. The smallest absolute Gasteiger partial charge is 0.147 e. The van der Waals surface area contributed by atoms with Crippen LogP contribution in [0.1, 0.15) is 13.3 Å². The number of rotatable bonds is 3. The first-order chi connectivity index (χ1) is 6.86. The largest absolute Gasteiger partial charge is 0.355 e. The molecule has 0 aromatic rings. The van der Waals surface area contributed by atoms with Crippen LogP contribution in [0.25, 0.3) is 0 Å². The molecule has 0 saturated carbocycles. The Bertz CT molecular complexity index is 174. The van der Waals surface area contributed by atoms with Gasteiger partial charge in [-0.25, -0.2) is 0 Å². The van der Waals surface area contributed by atoms with Gasteiger partial charge in [0.2, 0.25) is 0 Å². The van der Waals surface area contributed by atoms with Gasteiger partial charge in [0, 0.05) is 18.3 Å². The average molecular weight is 217 g/mol. The van der Waals surface area contributed by atoms with E-state index in [0.29, 0.717) is 18.9 Å². The molecule has 0 radical (unpaired) electrons. The van der Waals surface area contributed by atoms with Crippen molar-refractivity contribution in [3.63, 3.8) is 0 Å². The molecule has 0 bridgehead atoms. The second-order valence-corrected chi connectivity index (χ2v) is 5.21. The lowest BCUT2D eigenvalue weighted by Gasteiger charge is -2.25. The maximum atomic E-state index is 5.48. The van der Waals surface area contributed by atoms with Crippen molar-refractivity contribution in [2.24, 2.45) is 5.92 Å². The SMILES string of the molecule is CC1CSCC1NCC1CCOCO1. The van der Waals surface area contributed by atoms with Crippen LogP contribution in [-0.2, 0) is 9.47 Å². The maximum absolute atomic E-state index is 5.48. The quantitative estimate of drug-likeness (QED) is 0.766. The number of nitrogens with one attached hydrogen (secondary N) is 1. The van der Waals surface area contributed by atoms with Crippen molar-refractivity contribution in [3.05, 3.63) is 0 Å². The Hall–Kier alpha value is 0.230. The van der Waals surface area contributed by atoms with Crippen molar-refractivity contribution in [2.45, 2.75) is 25.5 Å². The van der Waals surface area contributed by atoms with E-state index < -0.39 is 0 Å². The molecule has 3 atom stereocenters.